The summed E-state index contributed by atoms with van der Waals surface area (Å²) in [6.07, 6.45) is 1.60. The molecule has 42 heavy (non-hydrogen) atoms. The van der Waals surface area contributed by atoms with Gasteiger partial charge in [0.2, 0.25) is 0 Å². The van der Waals surface area contributed by atoms with Crippen molar-refractivity contribution in [2.24, 2.45) is 4.99 Å². The first-order valence-corrected chi connectivity index (χ1v) is 14.3. The van der Waals surface area contributed by atoms with E-state index in [1.807, 2.05) is 0 Å². The number of aromatic nitrogens is 1. The van der Waals surface area contributed by atoms with Gasteiger partial charge >= 0.3 is 11.9 Å². The second-order valence-corrected chi connectivity index (χ2v) is 11.0. The smallest absolute Gasteiger partial charge is 0.338 e. The third-order valence-corrected chi connectivity index (χ3v) is 8.28. The number of methoxy groups -OCH3 is 2. The number of ether oxygens (including phenoxy) is 3. The molecule has 0 saturated carbocycles. The van der Waals surface area contributed by atoms with Crippen LogP contribution in [0.25, 0.3) is 17.4 Å². The van der Waals surface area contributed by atoms with E-state index < -0.39 is 18.0 Å². The molecule has 0 unspecified atom stereocenters. The molecule has 0 fully saturated rings. The summed E-state index contributed by atoms with van der Waals surface area (Å²) in [6, 6.07) is 12.3. The van der Waals surface area contributed by atoms with Crippen LogP contribution in [0.4, 0.5) is 0 Å². The fourth-order valence-corrected chi connectivity index (χ4v) is 6.25. The molecule has 0 bridgehead atoms. The number of carbonyl (C=O) groups excluding carboxylic acids is 1. The predicted molar refractivity (Wildman–Crippen MR) is 159 cm³/mol. The van der Waals surface area contributed by atoms with Gasteiger partial charge in [0.25, 0.3) is 5.56 Å². The van der Waals surface area contributed by atoms with Gasteiger partial charge in [0.1, 0.15) is 11.5 Å². The monoisotopic (exact) mass is 652 g/mol. The second-order valence-electron chi connectivity index (χ2n) is 9.12. The van der Waals surface area contributed by atoms with E-state index in [1.54, 1.807) is 56.3 Å². The largest absolute Gasteiger partial charge is 0.493 e. The Bertz CT molecular complexity index is 1930. The first-order valence-electron chi connectivity index (χ1n) is 12.7. The summed E-state index contributed by atoms with van der Waals surface area (Å²) in [4.78, 5) is 43.5. The van der Waals surface area contributed by atoms with Gasteiger partial charge < -0.3 is 23.7 Å². The maximum Gasteiger partial charge on any atom is 0.338 e. The lowest BCUT2D eigenvalue weighted by atomic mass is 9.95. The maximum absolute atomic E-state index is 13.9. The van der Waals surface area contributed by atoms with Crippen LogP contribution in [0.3, 0.4) is 0 Å². The lowest BCUT2D eigenvalue weighted by molar-refractivity contribution is -0.139. The number of fused-ring (bicyclic) bond motifs is 1. The van der Waals surface area contributed by atoms with Gasteiger partial charge in [-0.1, -0.05) is 39.4 Å². The molecule has 5 rings (SSSR count). The van der Waals surface area contributed by atoms with Gasteiger partial charge in [-0.15, -0.1) is 0 Å². The lowest BCUT2D eigenvalue weighted by Gasteiger charge is -2.26. The van der Waals surface area contributed by atoms with Crippen molar-refractivity contribution in [1.82, 2.24) is 4.57 Å². The zero-order chi connectivity index (χ0) is 30.1. The van der Waals surface area contributed by atoms with Crippen molar-refractivity contribution >= 4 is 45.3 Å². The first kappa shape index (κ1) is 29.1. The molecule has 1 aliphatic heterocycles. The molecule has 1 aliphatic rings. The predicted octanol–water partition coefficient (Wildman–Crippen LogP) is 4.54. The minimum atomic E-state index is -1.04. The number of carbonyl (C=O) groups is 2. The Hall–Kier alpha value is -4.42. The summed E-state index contributed by atoms with van der Waals surface area (Å²) in [6.45, 7) is 3.56. The van der Waals surface area contributed by atoms with Crippen molar-refractivity contribution in [3.05, 3.63) is 101 Å². The molecule has 0 radical (unpaired) electrons. The highest BCUT2D eigenvalue weighted by Gasteiger charge is 2.35. The Balaban J connectivity index is 1.67. The molecule has 0 spiro atoms. The molecule has 0 amide bonds. The number of esters is 1. The molecule has 3 heterocycles. The van der Waals surface area contributed by atoms with Crippen molar-refractivity contribution in [2.45, 2.75) is 19.9 Å². The molecule has 4 aromatic rings. The quantitative estimate of drug-likeness (QED) is 0.275. The van der Waals surface area contributed by atoms with Crippen LogP contribution < -0.4 is 24.4 Å². The number of allylic oxidation sites excluding steroid dienone is 1. The molecule has 0 aliphatic carbocycles. The van der Waals surface area contributed by atoms with Crippen LogP contribution in [0.15, 0.2) is 78.5 Å². The zero-order valence-electron chi connectivity index (χ0n) is 23.0. The number of aromatic carboxylic acids is 1. The summed E-state index contributed by atoms with van der Waals surface area (Å²) in [7, 11) is 3.02. The number of furan rings is 1. The minimum Gasteiger partial charge on any atom is -0.493 e. The van der Waals surface area contributed by atoms with Gasteiger partial charge in [0.15, 0.2) is 16.3 Å². The third kappa shape index (κ3) is 5.30. The normalized spacial score (nSPS) is 14.8. The fraction of sp³-hybridized carbons (Fsp3) is 0.200. The van der Waals surface area contributed by atoms with E-state index in [-0.39, 0.29) is 23.3 Å². The van der Waals surface area contributed by atoms with Gasteiger partial charge in [0, 0.05) is 16.1 Å². The lowest BCUT2D eigenvalue weighted by Crippen LogP contribution is -2.40. The molecule has 10 nitrogen and oxygen atoms in total. The molecule has 12 heteroatoms. The molecule has 2 aromatic carbocycles. The highest BCUT2D eigenvalue weighted by atomic mass is 79.9. The Morgan fingerprint density at radius 1 is 1.14 bits per heavy atom. The summed E-state index contributed by atoms with van der Waals surface area (Å²) in [5.74, 6) is 0.106. The number of carboxylic acid groups (broad SMARTS) is 1. The van der Waals surface area contributed by atoms with Crippen LogP contribution in [0, 0.1) is 0 Å². The van der Waals surface area contributed by atoms with E-state index in [1.165, 1.54) is 30.9 Å². The van der Waals surface area contributed by atoms with Gasteiger partial charge in [-0.3, -0.25) is 9.36 Å². The number of hydrogen-bond acceptors (Lipinski definition) is 9. The Kier molecular flexibility index (Phi) is 8.19. The van der Waals surface area contributed by atoms with Crippen LogP contribution in [-0.4, -0.2) is 42.4 Å². The summed E-state index contributed by atoms with van der Waals surface area (Å²) in [5, 5.41) is 9.31. The number of hydrogen-bond donors (Lipinski definition) is 1. The van der Waals surface area contributed by atoms with E-state index in [4.69, 9.17) is 18.6 Å². The number of halogens is 1. The van der Waals surface area contributed by atoms with E-state index in [0.717, 1.165) is 11.3 Å². The molecular formula is C30H25BrN2O8S. The number of rotatable bonds is 8. The number of thiazole rings is 1. The Morgan fingerprint density at radius 3 is 2.57 bits per heavy atom. The molecule has 0 saturated heterocycles. The molecule has 2 aromatic heterocycles. The molecule has 1 N–H and O–H groups in total. The van der Waals surface area contributed by atoms with Crippen LogP contribution >= 0.6 is 27.3 Å². The summed E-state index contributed by atoms with van der Waals surface area (Å²) < 4.78 is 24.6. The van der Waals surface area contributed by atoms with Gasteiger partial charge in [-0.2, -0.15) is 0 Å². The second kappa shape index (κ2) is 11.8. The standard InChI is InChI=1S/C30H25BrN2O8S/c1-5-40-29(37)25-15(2)32-30-33(26(25)19-13-22(38-3)23(39-4)14-20(19)31)27(34)24(42-30)12-18-9-10-21(41-18)16-7-6-8-17(11-16)28(35)36/h6-14,26H,5H2,1-4H3,(H,35,36)/b24-12+/t26-/m1/s1. The topological polar surface area (TPSA) is 130 Å². The van der Waals surface area contributed by atoms with Crippen molar-refractivity contribution in [3.63, 3.8) is 0 Å². The molecular weight excluding hydrogens is 628 g/mol. The Labute approximate surface area is 251 Å². The highest BCUT2D eigenvalue weighted by Crippen LogP contribution is 2.40. The average molecular weight is 654 g/mol. The zero-order valence-corrected chi connectivity index (χ0v) is 25.4. The molecule has 216 valence electrons. The van der Waals surface area contributed by atoms with Crippen LogP contribution in [0.5, 0.6) is 11.5 Å². The van der Waals surface area contributed by atoms with Crippen molar-refractivity contribution in [2.75, 3.05) is 20.8 Å². The van der Waals surface area contributed by atoms with Gasteiger partial charge in [-0.25, -0.2) is 14.6 Å². The molecule has 1 atom stereocenters. The van der Waals surface area contributed by atoms with Crippen molar-refractivity contribution in [1.29, 1.82) is 0 Å². The van der Waals surface area contributed by atoms with E-state index in [0.29, 0.717) is 53.6 Å². The highest BCUT2D eigenvalue weighted by molar-refractivity contribution is 9.10. The van der Waals surface area contributed by atoms with E-state index >= 15 is 0 Å². The van der Waals surface area contributed by atoms with Crippen molar-refractivity contribution in [3.8, 4) is 22.8 Å². The SMILES string of the molecule is CCOC(=O)C1=C(C)N=c2s/c(=C/c3ccc(-c4cccc(C(=O)O)c4)o3)c(=O)n2[C@@H]1c1cc(OC)c(OC)cc1Br. The van der Waals surface area contributed by atoms with Gasteiger partial charge in [-0.05, 0) is 55.8 Å². The van der Waals surface area contributed by atoms with Crippen LogP contribution in [0.2, 0.25) is 0 Å². The van der Waals surface area contributed by atoms with Crippen LogP contribution in [0.1, 0.15) is 41.6 Å². The number of carboxylic acids is 1. The first-order chi connectivity index (χ1) is 20.2. The third-order valence-electron chi connectivity index (χ3n) is 6.61. The number of nitrogens with zero attached hydrogens (tertiary/aromatic N) is 2. The van der Waals surface area contributed by atoms with E-state index in [2.05, 4.69) is 20.9 Å². The van der Waals surface area contributed by atoms with Crippen LogP contribution in [-0.2, 0) is 9.53 Å². The number of benzene rings is 2. The van der Waals surface area contributed by atoms with Gasteiger partial charge in [0.05, 0.1) is 48.2 Å². The summed E-state index contributed by atoms with van der Waals surface area (Å²) in [5.41, 5.74) is 1.56. The van der Waals surface area contributed by atoms with E-state index in [9.17, 15) is 19.5 Å². The maximum atomic E-state index is 13.9. The van der Waals surface area contributed by atoms with Crippen molar-refractivity contribution < 1.29 is 33.3 Å². The summed E-state index contributed by atoms with van der Waals surface area (Å²) >= 11 is 4.74. The fourth-order valence-electron chi connectivity index (χ4n) is 4.69. The minimum absolute atomic E-state index is 0.132. The Morgan fingerprint density at radius 2 is 1.88 bits per heavy atom. The average Bonchev–Trinajstić information content (AvgIpc) is 3.56.